The Bertz CT molecular complexity index is 555. The Morgan fingerprint density at radius 3 is 2.67 bits per heavy atom. The van der Waals surface area contributed by atoms with Crippen LogP contribution >= 0.6 is 27.5 Å². The van der Waals surface area contributed by atoms with Crippen LogP contribution in [0.1, 0.15) is 24.6 Å². The van der Waals surface area contributed by atoms with Gasteiger partial charge < -0.3 is 0 Å². The van der Waals surface area contributed by atoms with E-state index in [1.54, 1.807) is 6.20 Å². The van der Waals surface area contributed by atoms with Crippen LogP contribution in [0.2, 0.25) is 5.15 Å². The molecule has 94 valence electrons. The number of nitrogens with zero attached hydrogens (tertiary/aromatic N) is 3. The topological polar surface area (TPSA) is 38.7 Å². The first kappa shape index (κ1) is 13.4. The number of hydrogen-bond donors (Lipinski definition) is 0. The van der Waals surface area contributed by atoms with Crippen LogP contribution in [0.5, 0.6) is 0 Å². The van der Waals surface area contributed by atoms with Crippen LogP contribution in [-0.4, -0.2) is 15.0 Å². The van der Waals surface area contributed by atoms with Gasteiger partial charge in [-0.3, -0.25) is 4.98 Å². The molecule has 0 aliphatic heterocycles. The Balaban J connectivity index is 2.48. The molecule has 0 N–H and O–H groups in total. The second-order valence-corrected chi connectivity index (χ2v) is 5.22. The van der Waals surface area contributed by atoms with E-state index in [9.17, 15) is 0 Å². The molecule has 0 radical (unpaired) electrons. The van der Waals surface area contributed by atoms with Gasteiger partial charge in [0.15, 0.2) is 5.82 Å². The van der Waals surface area contributed by atoms with E-state index in [2.05, 4.69) is 37.8 Å². The van der Waals surface area contributed by atoms with Crippen molar-refractivity contribution in [1.82, 2.24) is 15.0 Å². The zero-order valence-electron chi connectivity index (χ0n) is 10.2. The summed E-state index contributed by atoms with van der Waals surface area (Å²) in [6.07, 6.45) is 3.67. The smallest absolute Gasteiger partial charge is 0.179 e. The van der Waals surface area contributed by atoms with Crippen LogP contribution in [0.4, 0.5) is 0 Å². The maximum atomic E-state index is 6.11. The molecule has 3 nitrogen and oxygen atoms in total. The highest BCUT2D eigenvalue weighted by Gasteiger charge is 2.12. The van der Waals surface area contributed by atoms with Crippen molar-refractivity contribution in [3.8, 4) is 11.5 Å². The van der Waals surface area contributed by atoms with E-state index in [1.165, 1.54) is 0 Å². The summed E-state index contributed by atoms with van der Waals surface area (Å²) in [5, 5.41) is 0.436. The molecule has 0 amide bonds. The van der Waals surface area contributed by atoms with Crippen molar-refractivity contribution < 1.29 is 0 Å². The zero-order valence-corrected chi connectivity index (χ0v) is 12.6. The molecule has 0 unspecified atom stereocenters. The lowest BCUT2D eigenvalue weighted by atomic mass is 10.2. The molecule has 0 saturated heterocycles. The standard InChI is InChI=1S/C13H13BrClN3/c1-3-4-9-11(14)12(15)18-13(17-9)10-6-5-8(2)7-16-10/h5-7H,3-4H2,1-2H3. The summed E-state index contributed by atoms with van der Waals surface area (Å²) in [5.74, 6) is 0.576. The lowest BCUT2D eigenvalue weighted by Crippen LogP contribution is -1.99. The monoisotopic (exact) mass is 325 g/mol. The van der Waals surface area contributed by atoms with Gasteiger partial charge in [0.05, 0.1) is 10.2 Å². The second-order valence-electron chi connectivity index (χ2n) is 4.07. The average Bonchev–Trinajstić information content (AvgIpc) is 2.36. The van der Waals surface area contributed by atoms with E-state index in [4.69, 9.17) is 11.6 Å². The molecule has 0 fully saturated rings. The Morgan fingerprint density at radius 1 is 1.28 bits per heavy atom. The van der Waals surface area contributed by atoms with Gasteiger partial charge >= 0.3 is 0 Å². The first-order valence-electron chi connectivity index (χ1n) is 5.76. The first-order chi connectivity index (χ1) is 8.61. The van der Waals surface area contributed by atoms with Crippen LogP contribution in [0.15, 0.2) is 22.8 Å². The maximum Gasteiger partial charge on any atom is 0.179 e. The van der Waals surface area contributed by atoms with Crippen molar-refractivity contribution in [2.24, 2.45) is 0 Å². The summed E-state index contributed by atoms with van der Waals surface area (Å²) in [6.45, 7) is 4.10. The van der Waals surface area contributed by atoms with Crippen LogP contribution in [0.3, 0.4) is 0 Å². The largest absolute Gasteiger partial charge is 0.253 e. The molecule has 0 atom stereocenters. The van der Waals surface area contributed by atoms with Crippen molar-refractivity contribution in [2.45, 2.75) is 26.7 Å². The van der Waals surface area contributed by atoms with E-state index in [-0.39, 0.29) is 0 Å². The maximum absolute atomic E-state index is 6.11. The minimum Gasteiger partial charge on any atom is -0.253 e. The van der Waals surface area contributed by atoms with Crippen LogP contribution in [0.25, 0.3) is 11.5 Å². The molecule has 18 heavy (non-hydrogen) atoms. The van der Waals surface area contributed by atoms with Gasteiger partial charge in [-0.15, -0.1) is 0 Å². The summed E-state index contributed by atoms with van der Waals surface area (Å²) < 4.78 is 0.780. The molecule has 0 aliphatic rings. The minimum atomic E-state index is 0.436. The van der Waals surface area contributed by atoms with Crippen molar-refractivity contribution in [2.75, 3.05) is 0 Å². The van der Waals surface area contributed by atoms with E-state index < -0.39 is 0 Å². The molecular formula is C13H13BrClN3. The molecule has 2 rings (SSSR count). The fraction of sp³-hybridized carbons (Fsp3) is 0.308. The van der Waals surface area contributed by atoms with Crippen LogP contribution < -0.4 is 0 Å². The van der Waals surface area contributed by atoms with Gasteiger partial charge in [0.1, 0.15) is 10.8 Å². The summed E-state index contributed by atoms with van der Waals surface area (Å²) in [6, 6.07) is 3.89. The Hall–Kier alpha value is -1.00. The number of halogens is 2. The highest BCUT2D eigenvalue weighted by Crippen LogP contribution is 2.27. The summed E-state index contributed by atoms with van der Waals surface area (Å²) in [7, 11) is 0. The average molecular weight is 327 g/mol. The Kier molecular flexibility index (Phi) is 4.30. The second kappa shape index (κ2) is 5.76. The number of rotatable bonds is 3. The number of aromatic nitrogens is 3. The van der Waals surface area contributed by atoms with Crippen LogP contribution in [0, 0.1) is 6.92 Å². The number of pyridine rings is 1. The predicted octanol–water partition coefficient (Wildman–Crippen LogP) is 4.22. The number of aryl methyl sites for hydroxylation is 2. The summed E-state index contributed by atoms with van der Waals surface area (Å²) in [4.78, 5) is 13.1. The predicted molar refractivity (Wildman–Crippen MR) is 76.7 cm³/mol. The van der Waals surface area contributed by atoms with E-state index in [1.807, 2.05) is 19.1 Å². The molecule has 0 aromatic carbocycles. The molecule has 0 spiro atoms. The van der Waals surface area contributed by atoms with Gasteiger partial charge in [-0.05, 0) is 40.9 Å². The molecular weight excluding hydrogens is 314 g/mol. The van der Waals surface area contributed by atoms with Crippen molar-refractivity contribution in [3.63, 3.8) is 0 Å². The van der Waals surface area contributed by atoms with Crippen molar-refractivity contribution in [1.29, 1.82) is 0 Å². The zero-order chi connectivity index (χ0) is 13.1. The first-order valence-corrected chi connectivity index (χ1v) is 6.94. The van der Waals surface area contributed by atoms with Gasteiger partial charge in [-0.1, -0.05) is 31.0 Å². The summed E-state index contributed by atoms with van der Waals surface area (Å²) in [5.41, 5.74) is 2.78. The van der Waals surface area contributed by atoms with Gasteiger partial charge in [0, 0.05) is 6.20 Å². The van der Waals surface area contributed by atoms with Gasteiger partial charge in [-0.25, -0.2) is 9.97 Å². The van der Waals surface area contributed by atoms with Crippen molar-refractivity contribution >= 4 is 27.5 Å². The van der Waals surface area contributed by atoms with Crippen LogP contribution in [-0.2, 0) is 6.42 Å². The van der Waals surface area contributed by atoms with Gasteiger partial charge in [0.25, 0.3) is 0 Å². The molecule has 0 bridgehead atoms. The lowest BCUT2D eigenvalue weighted by molar-refractivity contribution is 0.866. The molecule has 2 heterocycles. The quantitative estimate of drug-likeness (QED) is 0.793. The Morgan fingerprint density at radius 2 is 2.06 bits per heavy atom. The fourth-order valence-electron chi connectivity index (χ4n) is 1.58. The summed E-state index contributed by atoms with van der Waals surface area (Å²) >= 11 is 9.53. The third-order valence-electron chi connectivity index (χ3n) is 2.51. The third kappa shape index (κ3) is 2.87. The van der Waals surface area contributed by atoms with Crippen molar-refractivity contribution in [3.05, 3.63) is 39.2 Å². The minimum absolute atomic E-state index is 0.436. The normalized spacial score (nSPS) is 10.7. The molecule has 0 saturated carbocycles. The van der Waals surface area contributed by atoms with Gasteiger partial charge in [0.2, 0.25) is 0 Å². The SMILES string of the molecule is CCCc1nc(-c2ccc(C)cn2)nc(Cl)c1Br. The molecule has 5 heteroatoms. The molecule has 0 aliphatic carbocycles. The van der Waals surface area contributed by atoms with Gasteiger partial charge in [-0.2, -0.15) is 0 Å². The molecule has 2 aromatic heterocycles. The number of hydrogen-bond acceptors (Lipinski definition) is 3. The molecule has 2 aromatic rings. The fourth-order valence-corrected chi connectivity index (χ4v) is 2.14. The highest BCUT2D eigenvalue weighted by molar-refractivity contribution is 9.10. The van der Waals surface area contributed by atoms with E-state index in [0.29, 0.717) is 11.0 Å². The highest BCUT2D eigenvalue weighted by atomic mass is 79.9. The third-order valence-corrected chi connectivity index (χ3v) is 3.84. The lowest BCUT2D eigenvalue weighted by Gasteiger charge is -2.07. The van der Waals surface area contributed by atoms with E-state index in [0.717, 1.165) is 34.3 Å². The Labute approximate surface area is 120 Å². The van der Waals surface area contributed by atoms with E-state index >= 15 is 0 Å².